The maximum absolute atomic E-state index is 3.53. The van der Waals surface area contributed by atoms with Crippen LogP contribution in [0.15, 0.2) is 79.0 Å². The summed E-state index contributed by atoms with van der Waals surface area (Å²) in [5.74, 6) is 0. The molecule has 0 saturated heterocycles. The lowest BCUT2D eigenvalue weighted by molar-refractivity contribution is 1.13. The molecule has 3 aromatic carbocycles. The first kappa shape index (κ1) is 11.6. The fourth-order valence-electron chi connectivity index (χ4n) is 3.29. The molecule has 2 heterocycles. The van der Waals surface area contributed by atoms with Crippen molar-refractivity contribution in [3.05, 3.63) is 79.0 Å². The average molecular weight is 282 g/mol. The van der Waals surface area contributed by atoms with Crippen molar-refractivity contribution in [3.8, 4) is 5.69 Å². The summed E-state index contributed by atoms with van der Waals surface area (Å²) in [6, 6.07) is 25.6. The van der Waals surface area contributed by atoms with Gasteiger partial charge in [-0.1, -0.05) is 36.4 Å². The van der Waals surface area contributed by atoms with Crippen LogP contribution in [0.1, 0.15) is 0 Å². The number of nitrogens with one attached hydrogen (secondary N) is 1. The third-order valence-electron chi connectivity index (χ3n) is 4.35. The van der Waals surface area contributed by atoms with E-state index in [0.29, 0.717) is 0 Å². The standard InChI is InChI=1S/C20H14N2/c1-2-6-15(7-3-1)22-11-10-14-12-17-16-8-4-5-9-18(16)21-19(17)13-20(14)22/h1-13,21H. The van der Waals surface area contributed by atoms with Gasteiger partial charge in [-0.25, -0.2) is 0 Å². The Balaban J connectivity index is 1.87. The van der Waals surface area contributed by atoms with Crippen LogP contribution in [0.25, 0.3) is 38.4 Å². The lowest BCUT2D eigenvalue weighted by atomic mass is 10.1. The molecule has 1 N–H and O–H groups in total. The van der Waals surface area contributed by atoms with Gasteiger partial charge in [-0.2, -0.15) is 0 Å². The zero-order valence-electron chi connectivity index (χ0n) is 12.0. The Morgan fingerprint density at radius 3 is 2.41 bits per heavy atom. The predicted molar refractivity (Wildman–Crippen MR) is 92.6 cm³/mol. The minimum atomic E-state index is 1.18. The summed E-state index contributed by atoms with van der Waals surface area (Å²) in [5.41, 5.74) is 4.79. The van der Waals surface area contributed by atoms with Gasteiger partial charge in [0.1, 0.15) is 0 Å². The molecule has 0 unspecified atom stereocenters. The summed E-state index contributed by atoms with van der Waals surface area (Å²) in [5, 5.41) is 3.84. The van der Waals surface area contributed by atoms with Gasteiger partial charge >= 0.3 is 0 Å². The van der Waals surface area contributed by atoms with Gasteiger partial charge < -0.3 is 9.55 Å². The molecule has 0 fully saturated rings. The van der Waals surface area contributed by atoms with Crippen LogP contribution in [0.5, 0.6) is 0 Å². The molecular weight excluding hydrogens is 268 g/mol. The molecule has 104 valence electrons. The monoisotopic (exact) mass is 282 g/mol. The number of para-hydroxylation sites is 2. The maximum atomic E-state index is 3.53. The van der Waals surface area contributed by atoms with Crippen molar-refractivity contribution < 1.29 is 0 Å². The van der Waals surface area contributed by atoms with Crippen molar-refractivity contribution in [2.45, 2.75) is 0 Å². The number of aromatic amines is 1. The molecule has 0 aliphatic rings. The van der Waals surface area contributed by atoms with E-state index < -0.39 is 0 Å². The lowest BCUT2D eigenvalue weighted by Crippen LogP contribution is -1.90. The maximum Gasteiger partial charge on any atom is 0.0549 e. The van der Waals surface area contributed by atoms with Crippen LogP contribution in [0, 0.1) is 0 Å². The minimum Gasteiger partial charge on any atom is -0.354 e. The molecular formula is C20H14N2. The molecule has 22 heavy (non-hydrogen) atoms. The van der Waals surface area contributed by atoms with E-state index in [4.69, 9.17) is 0 Å². The Hall–Kier alpha value is -3.00. The lowest BCUT2D eigenvalue weighted by Gasteiger charge is -2.05. The minimum absolute atomic E-state index is 1.18. The second-order valence-electron chi connectivity index (χ2n) is 5.65. The summed E-state index contributed by atoms with van der Waals surface area (Å²) in [4.78, 5) is 3.53. The second-order valence-corrected chi connectivity index (χ2v) is 5.65. The van der Waals surface area contributed by atoms with E-state index in [2.05, 4.69) is 82.5 Å². The zero-order valence-corrected chi connectivity index (χ0v) is 12.0. The number of hydrogen-bond donors (Lipinski definition) is 1. The van der Waals surface area contributed by atoms with Gasteiger partial charge in [0.2, 0.25) is 0 Å². The van der Waals surface area contributed by atoms with Gasteiger partial charge in [-0.3, -0.25) is 0 Å². The zero-order chi connectivity index (χ0) is 14.5. The van der Waals surface area contributed by atoms with Crippen LogP contribution in [0.2, 0.25) is 0 Å². The molecule has 0 radical (unpaired) electrons. The van der Waals surface area contributed by atoms with Crippen LogP contribution in [0.3, 0.4) is 0 Å². The highest BCUT2D eigenvalue weighted by Crippen LogP contribution is 2.30. The van der Waals surface area contributed by atoms with Crippen molar-refractivity contribution >= 4 is 32.7 Å². The van der Waals surface area contributed by atoms with Gasteiger partial charge in [0.15, 0.2) is 0 Å². The van der Waals surface area contributed by atoms with Crippen molar-refractivity contribution in [2.24, 2.45) is 0 Å². The Morgan fingerprint density at radius 2 is 1.50 bits per heavy atom. The van der Waals surface area contributed by atoms with E-state index in [9.17, 15) is 0 Å². The molecule has 0 amide bonds. The van der Waals surface area contributed by atoms with E-state index in [1.54, 1.807) is 0 Å². The van der Waals surface area contributed by atoms with E-state index in [-0.39, 0.29) is 0 Å². The van der Waals surface area contributed by atoms with E-state index in [1.165, 1.54) is 38.4 Å². The van der Waals surface area contributed by atoms with Crippen LogP contribution in [-0.4, -0.2) is 9.55 Å². The predicted octanol–water partition coefficient (Wildman–Crippen LogP) is 5.27. The number of aromatic nitrogens is 2. The molecule has 2 aromatic heterocycles. The number of nitrogens with zero attached hydrogens (tertiary/aromatic N) is 1. The second kappa shape index (κ2) is 4.25. The van der Waals surface area contributed by atoms with E-state index in [1.807, 2.05) is 6.07 Å². The van der Waals surface area contributed by atoms with Crippen LogP contribution in [0.4, 0.5) is 0 Å². The Kier molecular flexibility index (Phi) is 2.25. The van der Waals surface area contributed by atoms with Crippen molar-refractivity contribution in [2.75, 3.05) is 0 Å². The molecule has 2 nitrogen and oxygen atoms in total. The molecule has 5 rings (SSSR count). The van der Waals surface area contributed by atoms with E-state index >= 15 is 0 Å². The summed E-state index contributed by atoms with van der Waals surface area (Å²) < 4.78 is 2.24. The van der Waals surface area contributed by atoms with Crippen molar-refractivity contribution in [1.29, 1.82) is 0 Å². The molecule has 0 saturated carbocycles. The Morgan fingerprint density at radius 1 is 0.682 bits per heavy atom. The number of benzene rings is 3. The quantitative estimate of drug-likeness (QED) is 0.432. The summed E-state index contributed by atoms with van der Waals surface area (Å²) in [6.07, 6.45) is 2.14. The smallest absolute Gasteiger partial charge is 0.0549 e. The number of rotatable bonds is 1. The molecule has 0 atom stereocenters. The average Bonchev–Trinajstić information content (AvgIpc) is 3.14. The molecule has 0 bridgehead atoms. The third-order valence-corrected chi connectivity index (χ3v) is 4.35. The van der Waals surface area contributed by atoms with Gasteiger partial charge in [0.25, 0.3) is 0 Å². The number of fused-ring (bicyclic) bond motifs is 4. The molecule has 0 aliphatic heterocycles. The molecule has 5 aromatic rings. The fourth-order valence-corrected chi connectivity index (χ4v) is 3.29. The van der Waals surface area contributed by atoms with E-state index in [0.717, 1.165) is 0 Å². The van der Waals surface area contributed by atoms with Crippen LogP contribution < -0.4 is 0 Å². The highest BCUT2D eigenvalue weighted by molar-refractivity contribution is 6.11. The van der Waals surface area contributed by atoms with Crippen LogP contribution >= 0.6 is 0 Å². The molecule has 2 heteroatoms. The normalized spacial score (nSPS) is 11.6. The number of hydrogen-bond acceptors (Lipinski definition) is 0. The SMILES string of the molecule is c1ccc(-n2ccc3cc4c(cc32)[nH]c2ccccc24)cc1. The Bertz CT molecular complexity index is 1110. The van der Waals surface area contributed by atoms with Gasteiger partial charge in [0, 0.05) is 39.1 Å². The first-order chi connectivity index (χ1) is 10.9. The fraction of sp³-hybridized carbons (Fsp3) is 0. The van der Waals surface area contributed by atoms with Crippen molar-refractivity contribution in [1.82, 2.24) is 9.55 Å². The summed E-state index contributed by atoms with van der Waals surface area (Å²) in [7, 11) is 0. The summed E-state index contributed by atoms with van der Waals surface area (Å²) >= 11 is 0. The summed E-state index contributed by atoms with van der Waals surface area (Å²) in [6.45, 7) is 0. The van der Waals surface area contributed by atoms with Gasteiger partial charge in [-0.15, -0.1) is 0 Å². The highest BCUT2D eigenvalue weighted by Gasteiger charge is 2.08. The third kappa shape index (κ3) is 1.55. The highest BCUT2D eigenvalue weighted by atomic mass is 15.0. The largest absolute Gasteiger partial charge is 0.354 e. The Labute approximate surface area is 127 Å². The molecule has 0 spiro atoms. The topological polar surface area (TPSA) is 20.7 Å². The first-order valence-corrected chi connectivity index (χ1v) is 7.47. The molecule has 0 aliphatic carbocycles. The van der Waals surface area contributed by atoms with Crippen LogP contribution in [-0.2, 0) is 0 Å². The first-order valence-electron chi connectivity index (χ1n) is 7.47. The van der Waals surface area contributed by atoms with Gasteiger partial charge in [-0.05, 0) is 36.4 Å². The number of H-pyrrole nitrogens is 1. The van der Waals surface area contributed by atoms with Gasteiger partial charge in [0.05, 0.1) is 5.52 Å². The van der Waals surface area contributed by atoms with Crippen molar-refractivity contribution in [3.63, 3.8) is 0 Å².